The number of rotatable bonds is 2. The van der Waals surface area contributed by atoms with E-state index in [0.717, 1.165) is 18.4 Å². The number of piperidine rings is 1. The second-order valence-corrected chi connectivity index (χ2v) is 7.74. The van der Waals surface area contributed by atoms with Crippen LogP contribution in [0.4, 0.5) is 4.79 Å². The number of likely N-dealkylation sites (tertiary alicyclic amines) is 1. The molecule has 0 aromatic heterocycles. The van der Waals surface area contributed by atoms with Gasteiger partial charge >= 0.3 is 6.09 Å². The average molecular weight is 358 g/mol. The third-order valence-corrected chi connectivity index (χ3v) is 4.49. The molecule has 0 aromatic carbocycles. The molecule has 1 saturated heterocycles. The number of carbonyl (C=O) groups excluding carboxylic acids is 2. The number of hydrogen-bond donors (Lipinski definition) is 0. The fourth-order valence-electron chi connectivity index (χ4n) is 3.19. The smallest absolute Gasteiger partial charge is 0.410 e. The average Bonchev–Trinajstić information content (AvgIpc) is 2.60. The molecule has 1 fully saturated rings. The molecule has 0 aromatic rings. The third-order valence-electron chi connectivity index (χ3n) is 4.49. The summed E-state index contributed by atoms with van der Waals surface area (Å²) in [5, 5.41) is 0. The SMILES string of the molecule is CC(C)(C)OC(=O)N1CCC(N2C=COC(C3=CC=CC(=O)C3)=C2)CC1. The zero-order chi connectivity index (χ0) is 18.7. The van der Waals surface area contributed by atoms with Crippen LogP contribution in [-0.4, -0.2) is 46.4 Å². The Morgan fingerprint density at radius 3 is 2.65 bits per heavy atom. The lowest BCUT2D eigenvalue weighted by molar-refractivity contribution is -0.114. The lowest BCUT2D eigenvalue weighted by Crippen LogP contribution is -2.46. The summed E-state index contributed by atoms with van der Waals surface area (Å²) >= 11 is 0. The zero-order valence-corrected chi connectivity index (χ0v) is 15.6. The number of ketones is 1. The number of nitrogens with zero attached hydrogens (tertiary/aromatic N) is 2. The van der Waals surface area contributed by atoms with Crippen LogP contribution in [0.5, 0.6) is 0 Å². The van der Waals surface area contributed by atoms with Crippen LogP contribution in [0.25, 0.3) is 0 Å². The Bertz CT molecular complexity index is 689. The van der Waals surface area contributed by atoms with Gasteiger partial charge in [-0.3, -0.25) is 4.79 Å². The zero-order valence-electron chi connectivity index (χ0n) is 15.6. The second kappa shape index (κ2) is 7.40. The van der Waals surface area contributed by atoms with E-state index >= 15 is 0 Å². The minimum absolute atomic E-state index is 0.0822. The maximum absolute atomic E-state index is 12.2. The van der Waals surface area contributed by atoms with Crippen LogP contribution >= 0.6 is 0 Å². The van der Waals surface area contributed by atoms with Gasteiger partial charge in [-0.25, -0.2) is 4.79 Å². The first-order valence-corrected chi connectivity index (χ1v) is 9.03. The van der Waals surface area contributed by atoms with Gasteiger partial charge in [-0.15, -0.1) is 0 Å². The van der Waals surface area contributed by atoms with Gasteiger partial charge in [0.1, 0.15) is 17.6 Å². The van der Waals surface area contributed by atoms with Crippen molar-refractivity contribution in [2.24, 2.45) is 0 Å². The summed E-state index contributed by atoms with van der Waals surface area (Å²) in [4.78, 5) is 27.7. The highest BCUT2D eigenvalue weighted by atomic mass is 16.6. The Morgan fingerprint density at radius 2 is 2.00 bits per heavy atom. The Labute approximate surface area is 154 Å². The number of amides is 1. The Morgan fingerprint density at radius 1 is 1.27 bits per heavy atom. The van der Waals surface area contributed by atoms with Crippen molar-refractivity contribution in [3.8, 4) is 0 Å². The van der Waals surface area contributed by atoms with Gasteiger partial charge in [-0.1, -0.05) is 12.2 Å². The Hall–Kier alpha value is -2.50. The van der Waals surface area contributed by atoms with E-state index in [-0.39, 0.29) is 11.9 Å². The molecule has 6 nitrogen and oxygen atoms in total. The highest BCUT2D eigenvalue weighted by Crippen LogP contribution is 2.27. The summed E-state index contributed by atoms with van der Waals surface area (Å²) < 4.78 is 11.0. The molecule has 0 unspecified atom stereocenters. The predicted molar refractivity (Wildman–Crippen MR) is 97.8 cm³/mol. The van der Waals surface area contributed by atoms with Crippen LogP contribution in [0.1, 0.15) is 40.0 Å². The maximum atomic E-state index is 12.2. The summed E-state index contributed by atoms with van der Waals surface area (Å²) in [5.41, 5.74) is 0.413. The summed E-state index contributed by atoms with van der Waals surface area (Å²) in [7, 11) is 0. The lowest BCUT2D eigenvalue weighted by Gasteiger charge is -2.38. The molecule has 26 heavy (non-hydrogen) atoms. The van der Waals surface area contributed by atoms with Gasteiger partial charge in [0.25, 0.3) is 0 Å². The largest absolute Gasteiger partial charge is 0.462 e. The summed E-state index contributed by atoms with van der Waals surface area (Å²) in [5.74, 6) is 0.790. The van der Waals surface area contributed by atoms with Gasteiger partial charge in [0.2, 0.25) is 0 Å². The van der Waals surface area contributed by atoms with Crippen molar-refractivity contribution < 1.29 is 19.1 Å². The van der Waals surface area contributed by atoms with E-state index < -0.39 is 5.60 Å². The summed E-state index contributed by atoms with van der Waals surface area (Å²) in [6.07, 6.45) is 12.6. The van der Waals surface area contributed by atoms with Crippen LogP contribution in [0.15, 0.2) is 48.2 Å². The number of carbonyl (C=O) groups is 2. The van der Waals surface area contributed by atoms with E-state index in [1.165, 1.54) is 0 Å². The van der Waals surface area contributed by atoms with Gasteiger partial charge in [0.05, 0.1) is 0 Å². The molecule has 1 amide bonds. The first kappa shape index (κ1) is 18.3. The van der Waals surface area contributed by atoms with Gasteiger partial charge in [-0.05, 0) is 39.7 Å². The molecule has 6 heteroatoms. The molecular formula is C20H26N2O4. The molecule has 140 valence electrons. The fourth-order valence-corrected chi connectivity index (χ4v) is 3.19. The van der Waals surface area contributed by atoms with Crippen molar-refractivity contribution in [2.45, 2.75) is 51.7 Å². The lowest BCUT2D eigenvalue weighted by atomic mass is 10.0. The molecule has 0 radical (unpaired) electrons. The van der Waals surface area contributed by atoms with Crippen molar-refractivity contribution in [2.75, 3.05) is 13.1 Å². The van der Waals surface area contributed by atoms with E-state index in [1.807, 2.05) is 39.2 Å². The topological polar surface area (TPSA) is 59.1 Å². The van der Waals surface area contributed by atoms with E-state index in [4.69, 9.17) is 9.47 Å². The number of ether oxygens (including phenoxy) is 2. The molecule has 0 spiro atoms. The minimum Gasteiger partial charge on any atom is -0.462 e. The van der Waals surface area contributed by atoms with Crippen molar-refractivity contribution >= 4 is 11.9 Å². The molecule has 3 aliphatic rings. The Balaban J connectivity index is 1.59. The maximum Gasteiger partial charge on any atom is 0.410 e. The van der Waals surface area contributed by atoms with Crippen LogP contribution < -0.4 is 0 Å². The van der Waals surface area contributed by atoms with Crippen molar-refractivity contribution in [3.63, 3.8) is 0 Å². The molecule has 0 N–H and O–H groups in total. The van der Waals surface area contributed by atoms with Crippen LogP contribution in [0.3, 0.4) is 0 Å². The number of allylic oxidation sites excluding steroid dienone is 4. The van der Waals surface area contributed by atoms with Gasteiger partial charge in [0.15, 0.2) is 5.78 Å². The summed E-state index contributed by atoms with van der Waals surface area (Å²) in [6, 6.07) is 0.291. The van der Waals surface area contributed by atoms with Crippen molar-refractivity contribution in [1.82, 2.24) is 9.80 Å². The first-order valence-electron chi connectivity index (χ1n) is 9.03. The van der Waals surface area contributed by atoms with Crippen LogP contribution in [-0.2, 0) is 14.3 Å². The predicted octanol–water partition coefficient (Wildman–Crippen LogP) is 3.49. The van der Waals surface area contributed by atoms with Crippen molar-refractivity contribution in [1.29, 1.82) is 0 Å². The van der Waals surface area contributed by atoms with Crippen LogP contribution in [0, 0.1) is 0 Å². The fraction of sp³-hybridized carbons (Fsp3) is 0.500. The van der Waals surface area contributed by atoms with E-state index in [9.17, 15) is 9.59 Å². The standard InChI is InChI=1S/C20H26N2O4/c1-20(2,3)26-19(24)21-9-7-16(8-10-21)22-11-12-25-18(14-22)15-5-4-6-17(23)13-15/h4-6,11-12,14,16H,7-10,13H2,1-3H3. The number of hydrogen-bond acceptors (Lipinski definition) is 5. The molecule has 3 rings (SSSR count). The molecule has 0 atom stereocenters. The monoisotopic (exact) mass is 358 g/mol. The minimum atomic E-state index is -0.474. The Kier molecular flexibility index (Phi) is 5.20. The summed E-state index contributed by atoms with van der Waals surface area (Å²) in [6.45, 7) is 6.96. The molecule has 2 aliphatic heterocycles. The first-order chi connectivity index (χ1) is 12.3. The third kappa shape index (κ3) is 4.56. The molecular weight excluding hydrogens is 332 g/mol. The van der Waals surface area contributed by atoms with E-state index in [0.29, 0.717) is 31.3 Å². The van der Waals surface area contributed by atoms with Gasteiger partial charge < -0.3 is 19.3 Å². The highest BCUT2D eigenvalue weighted by Gasteiger charge is 2.29. The van der Waals surface area contributed by atoms with Crippen molar-refractivity contribution in [3.05, 3.63) is 48.2 Å². The molecule has 1 aliphatic carbocycles. The second-order valence-electron chi connectivity index (χ2n) is 7.74. The van der Waals surface area contributed by atoms with Crippen LogP contribution in [0.2, 0.25) is 0 Å². The molecule has 0 saturated carbocycles. The highest BCUT2D eigenvalue weighted by molar-refractivity contribution is 5.93. The van der Waals surface area contributed by atoms with Gasteiger partial charge in [0, 0.05) is 43.5 Å². The normalized spacial score (nSPS) is 21.3. The van der Waals surface area contributed by atoms with Gasteiger partial charge in [-0.2, -0.15) is 0 Å². The molecule has 0 bridgehead atoms. The quantitative estimate of drug-likeness (QED) is 0.756. The van der Waals surface area contributed by atoms with E-state index in [2.05, 4.69) is 4.90 Å². The van der Waals surface area contributed by atoms with E-state index in [1.54, 1.807) is 23.3 Å². The molecule has 2 heterocycles.